The zero-order valence-electron chi connectivity index (χ0n) is 8.53. The van der Waals surface area contributed by atoms with Gasteiger partial charge in [-0.3, -0.25) is 9.69 Å². The van der Waals surface area contributed by atoms with Gasteiger partial charge in [0.1, 0.15) is 6.04 Å². The lowest BCUT2D eigenvalue weighted by Gasteiger charge is -2.32. The van der Waals surface area contributed by atoms with Gasteiger partial charge in [-0.05, 0) is 18.7 Å². The predicted molar refractivity (Wildman–Crippen MR) is 59.8 cm³/mol. The van der Waals surface area contributed by atoms with Crippen molar-refractivity contribution in [3.05, 3.63) is 34.9 Å². The second-order valence-electron chi connectivity index (χ2n) is 3.70. The zero-order chi connectivity index (χ0) is 10.8. The first-order chi connectivity index (χ1) is 7.20. The van der Waals surface area contributed by atoms with Crippen molar-refractivity contribution < 1.29 is 4.79 Å². The molecule has 1 fully saturated rings. The minimum Gasteiger partial charge on any atom is -0.353 e. The smallest absolute Gasteiger partial charge is 0.242 e. The Morgan fingerprint density at radius 2 is 2.20 bits per heavy atom. The van der Waals surface area contributed by atoms with E-state index in [1.54, 1.807) is 0 Å². The van der Waals surface area contributed by atoms with Crippen LogP contribution in [-0.2, 0) is 4.79 Å². The molecule has 80 valence electrons. The van der Waals surface area contributed by atoms with Crippen LogP contribution in [0.1, 0.15) is 11.6 Å². The number of nitrogens with zero attached hydrogens (tertiary/aromatic N) is 1. The van der Waals surface area contributed by atoms with Crippen LogP contribution in [0.4, 0.5) is 0 Å². The zero-order valence-corrected chi connectivity index (χ0v) is 9.29. The molecule has 1 heterocycles. The molecular weight excluding hydrogens is 212 g/mol. The molecule has 2 rings (SSSR count). The van der Waals surface area contributed by atoms with E-state index in [1.165, 1.54) is 0 Å². The number of hydrogen-bond donors (Lipinski definition) is 1. The summed E-state index contributed by atoms with van der Waals surface area (Å²) in [5.41, 5.74) is 0.874. The molecule has 1 aliphatic rings. The Morgan fingerprint density at radius 1 is 1.47 bits per heavy atom. The maximum absolute atomic E-state index is 11.7. The molecule has 1 aromatic carbocycles. The molecule has 4 heteroatoms. The summed E-state index contributed by atoms with van der Waals surface area (Å²) in [6.07, 6.45) is 0. The van der Waals surface area contributed by atoms with Gasteiger partial charge >= 0.3 is 0 Å². The van der Waals surface area contributed by atoms with E-state index in [1.807, 2.05) is 36.2 Å². The van der Waals surface area contributed by atoms with Gasteiger partial charge in [-0.25, -0.2) is 0 Å². The van der Waals surface area contributed by atoms with Crippen LogP contribution in [0.5, 0.6) is 0 Å². The minimum atomic E-state index is -0.257. The molecule has 0 radical (unpaired) electrons. The molecule has 3 nitrogen and oxygen atoms in total. The summed E-state index contributed by atoms with van der Waals surface area (Å²) in [5, 5.41) is 3.49. The highest BCUT2D eigenvalue weighted by atomic mass is 35.5. The largest absolute Gasteiger partial charge is 0.353 e. The standard InChI is InChI=1S/C11H13ClN2O/c1-14-7-6-13-11(15)10(14)8-4-2-3-5-9(8)12/h2-5,10H,6-7H2,1H3,(H,13,15)/t10-/m1/s1. The summed E-state index contributed by atoms with van der Waals surface area (Å²) in [5.74, 6) is 0.0249. The Bertz CT molecular complexity index is 381. The molecule has 0 unspecified atom stereocenters. The number of hydrogen-bond acceptors (Lipinski definition) is 2. The lowest BCUT2D eigenvalue weighted by atomic mass is 10.0. The van der Waals surface area contributed by atoms with Gasteiger partial charge in [0.2, 0.25) is 5.91 Å². The summed E-state index contributed by atoms with van der Waals surface area (Å²) in [6, 6.07) is 7.22. The molecule has 1 aliphatic heterocycles. The number of likely N-dealkylation sites (N-methyl/N-ethyl adjacent to an activating group) is 1. The van der Waals surface area contributed by atoms with Crippen molar-refractivity contribution in [3.8, 4) is 0 Å². The third kappa shape index (κ3) is 1.98. The molecule has 1 saturated heterocycles. The molecule has 0 aromatic heterocycles. The van der Waals surface area contributed by atoms with Crippen LogP contribution >= 0.6 is 11.6 Å². The molecule has 1 atom stereocenters. The van der Waals surface area contributed by atoms with Gasteiger partial charge in [0.05, 0.1) is 0 Å². The highest BCUT2D eigenvalue weighted by Gasteiger charge is 2.29. The first-order valence-corrected chi connectivity index (χ1v) is 5.30. The Hall–Kier alpha value is -1.06. The second-order valence-corrected chi connectivity index (χ2v) is 4.10. The van der Waals surface area contributed by atoms with Gasteiger partial charge in [0.15, 0.2) is 0 Å². The molecule has 1 aromatic rings. The molecule has 1 amide bonds. The molecular formula is C11H13ClN2O. The predicted octanol–water partition coefficient (Wildman–Crippen LogP) is 1.44. The van der Waals surface area contributed by atoms with Crippen molar-refractivity contribution in [3.63, 3.8) is 0 Å². The number of carbonyl (C=O) groups excluding carboxylic acids is 1. The van der Waals surface area contributed by atoms with Gasteiger partial charge in [-0.1, -0.05) is 29.8 Å². The molecule has 0 bridgehead atoms. The fourth-order valence-electron chi connectivity index (χ4n) is 1.86. The molecule has 1 N–H and O–H groups in total. The SMILES string of the molecule is CN1CCNC(=O)[C@H]1c1ccccc1Cl. The highest BCUT2D eigenvalue weighted by molar-refractivity contribution is 6.31. The normalized spacial score (nSPS) is 22.5. The van der Waals surface area contributed by atoms with Gasteiger partial charge in [0, 0.05) is 18.1 Å². The Morgan fingerprint density at radius 3 is 2.87 bits per heavy atom. The Labute approximate surface area is 94.0 Å². The van der Waals surface area contributed by atoms with E-state index in [9.17, 15) is 4.79 Å². The fraction of sp³-hybridized carbons (Fsp3) is 0.364. The van der Waals surface area contributed by atoms with Gasteiger partial charge < -0.3 is 5.32 Å². The van der Waals surface area contributed by atoms with Crippen LogP contribution in [0.2, 0.25) is 5.02 Å². The molecule has 0 saturated carbocycles. The number of carbonyl (C=O) groups is 1. The lowest BCUT2D eigenvalue weighted by molar-refractivity contribution is -0.128. The number of nitrogens with one attached hydrogen (secondary N) is 1. The van der Waals surface area contributed by atoms with E-state index >= 15 is 0 Å². The topological polar surface area (TPSA) is 32.3 Å². The Kier molecular flexibility index (Phi) is 2.93. The number of amides is 1. The van der Waals surface area contributed by atoms with Gasteiger partial charge in [-0.15, -0.1) is 0 Å². The van der Waals surface area contributed by atoms with Crippen molar-refractivity contribution in [2.45, 2.75) is 6.04 Å². The van der Waals surface area contributed by atoms with Crippen LogP contribution in [0.25, 0.3) is 0 Å². The van der Waals surface area contributed by atoms with Gasteiger partial charge in [-0.2, -0.15) is 0 Å². The quantitative estimate of drug-likeness (QED) is 0.783. The first-order valence-electron chi connectivity index (χ1n) is 4.92. The summed E-state index contributed by atoms with van der Waals surface area (Å²) in [7, 11) is 1.94. The number of piperazine rings is 1. The first kappa shape index (κ1) is 10.5. The third-order valence-electron chi connectivity index (χ3n) is 2.65. The van der Waals surface area contributed by atoms with Crippen molar-refractivity contribution in [1.82, 2.24) is 10.2 Å². The fourth-order valence-corrected chi connectivity index (χ4v) is 2.10. The second kappa shape index (κ2) is 4.21. The Balaban J connectivity index is 2.36. The van der Waals surface area contributed by atoms with E-state index < -0.39 is 0 Å². The van der Waals surface area contributed by atoms with E-state index in [0.29, 0.717) is 11.6 Å². The molecule has 0 aliphatic carbocycles. The number of rotatable bonds is 1. The van der Waals surface area contributed by atoms with E-state index in [2.05, 4.69) is 5.32 Å². The van der Waals surface area contributed by atoms with Crippen LogP contribution in [-0.4, -0.2) is 30.9 Å². The average Bonchev–Trinajstić information content (AvgIpc) is 2.20. The van der Waals surface area contributed by atoms with Gasteiger partial charge in [0.25, 0.3) is 0 Å². The van der Waals surface area contributed by atoms with Crippen LogP contribution in [0.15, 0.2) is 24.3 Å². The monoisotopic (exact) mass is 224 g/mol. The van der Waals surface area contributed by atoms with Crippen molar-refractivity contribution in [1.29, 1.82) is 0 Å². The maximum atomic E-state index is 11.7. The minimum absolute atomic E-state index is 0.0249. The van der Waals surface area contributed by atoms with E-state index in [-0.39, 0.29) is 11.9 Å². The highest BCUT2D eigenvalue weighted by Crippen LogP contribution is 2.27. The molecule has 0 spiro atoms. The third-order valence-corrected chi connectivity index (χ3v) is 3.00. The molecule has 15 heavy (non-hydrogen) atoms. The number of halogens is 1. The summed E-state index contributed by atoms with van der Waals surface area (Å²) in [4.78, 5) is 13.8. The number of benzene rings is 1. The van der Waals surface area contributed by atoms with Crippen LogP contribution in [0.3, 0.4) is 0 Å². The summed E-state index contributed by atoms with van der Waals surface area (Å²) >= 11 is 6.08. The van der Waals surface area contributed by atoms with E-state index in [4.69, 9.17) is 11.6 Å². The van der Waals surface area contributed by atoms with Crippen molar-refractivity contribution >= 4 is 17.5 Å². The maximum Gasteiger partial charge on any atom is 0.242 e. The van der Waals surface area contributed by atoms with Crippen LogP contribution in [0, 0.1) is 0 Å². The van der Waals surface area contributed by atoms with Crippen molar-refractivity contribution in [2.75, 3.05) is 20.1 Å². The lowest BCUT2D eigenvalue weighted by Crippen LogP contribution is -2.48. The average molecular weight is 225 g/mol. The van der Waals surface area contributed by atoms with Crippen LogP contribution < -0.4 is 5.32 Å². The van der Waals surface area contributed by atoms with E-state index in [0.717, 1.165) is 12.1 Å². The summed E-state index contributed by atoms with van der Waals surface area (Å²) < 4.78 is 0. The van der Waals surface area contributed by atoms with Crippen molar-refractivity contribution in [2.24, 2.45) is 0 Å². The summed E-state index contributed by atoms with van der Waals surface area (Å²) in [6.45, 7) is 1.55.